The Hall–Kier alpha value is -1.03. The quantitative estimate of drug-likeness (QED) is 0.427. The summed E-state index contributed by atoms with van der Waals surface area (Å²) in [7, 11) is 0. The van der Waals surface area contributed by atoms with Gasteiger partial charge in [-0.2, -0.15) is 0 Å². The molecule has 3 nitrogen and oxygen atoms in total. The van der Waals surface area contributed by atoms with Crippen LogP contribution in [0.1, 0.15) is 0 Å². The number of aliphatic hydroxyl groups excluding tert-OH is 1. The number of halogens is 1. The van der Waals surface area contributed by atoms with Gasteiger partial charge in [0.25, 0.3) is 5.91 Å². The van der Waals surface area contributed by atoms with Crippen LogP contribution in [0.2, 0.25) is 0 Å². The van der Waals surface area contributed by atoms with E-state index in [1.807, 2.05) is 0 Å². The Morgan fingerprint density at radius 2 is 2.00 bits per heavy atom. The van der Waals surface area contributed by atoms with Gasteiger partial charge >= 0.3 is 0 Å². The van der Waals surface area contributed by atoms with Gasteiger partial charge in [-0.25, -0.2) is 0 Å². The fourth-order valence-electron chi connectivity index (χ4n) is 0.453. The molecule has 0 unspecified atom stereocenters. The number of primary amides is 1. The lowest BCUT2D eigenvalue weighted by atomic mass is 10.2. The van der Waals surface area contributed by atoms with E-state index < -0.39 is 5.91 Å². The molecule has 0 atom stereocenters. The van der Waals surface area contributed by atoms with Gasteiger partial charge in [0.2, 0.25) is 0 Å². The maximum Gasteiger partial charge on any atom is 0.252 e. The Kier molecular flexibility index (Phi) is 3.60. The summed E-state index contributed by atoms with van der Waals surface area (Å²) in [6.07, 6.45) is 1.30. The van der Waals surface area contributed by atoms with Gasteiger partial charge in [0.1, 0.15) is 5.76 Å². The molecule has 0 bridgehead atoms. The molecule has 0 aromatic rings. The van der Waals surface area contributed by atoms with Gasteiger partial charge in [0.15, 0.2) is 0 Å². The van der Waals surface area contributed by atoms with Crippen molar-refractivity contribution in [3.8, 4) is 0 Å². The second-order valence-corrected chi connectivity index (χ2v) is 2.83. The second kappa shape index (κ2) is 3.98. The average molecular weight is 218 g/mol. The fourth-order valence-corrected chi connectivity index (χ4v) is 0.682. The number of hydrogen-bond acceptors (Lipinski definition) is 2. The van der Waals surface area contributed by atoms with E-state index in [-0.39, 0.29) is 11.3 Å². The number of aliphatic hydroxyl groups is 1. The molecule has 0 radical (unpaired) electrons. The summed E-state index contributed by atoms with van der Waals surface area (Å²) in [5.41, 5.74) is 4.85. The van der Waals surface area contributed by atoms with E-state index in [1.165, 1.54) is 6.08 Å². The number of amides is 1. The van der Waals surface area contributed by atoms with E-state index in [0.717, 1.165) is 0 Å². The first-order valence-electron chi connectivity index (χ1n) is 2.69. The number of allylic oxidation sites excluding steroid dienone is 2. The second-order valence-electron chi connectivity index (χ2n) is 1.82. The van der Waals surface area contributed by atoms with Crippen LogP contribution in [0.4, 0.5) is 0 Å². The van der Waals surface area contributed by atoms with Gasteiger partial charge in [-0.15, -0.1) is 0 Å². The molecule has 60 valence electrons. The van der Waals surface area contributed by atoms with Crippen LogP contribution in [0.15, 0.2) is 35.0 Å². The third-order valence-corrected chi connectivity index (χ3v) is 1.11. The van der Waals surface area contributed by atoms with Crippen molar-refractivity contribution in [3.63, 3.8) is 0 Å². The van der Waals surface area contributed by atoms with Crippen LogP contribution in [0.3, 0.4) is 0 Å². The predicted octanol–water partition coefficient (Wildman–Crippen LogP) is 1.38. The highest BCUT2D eigenvalue weighted by Gasteiger charge is 2.07. The van der Waals surface area contributed by atoms with Gasteiger partial charge in [0.05, 0.1) is 5.57 Å². The third kappa shape index (κ3) is 3.62. The molecular formula is C7H8BrNO2. The number of rotatable bonds is 3. The zero-order chi connectivity index (χ0) is 9.02. The normalized spacial score (nSPS) is 10.8. The summed E-state index contributed by atoms with van der Waals surface area (Å²) in [5.74, 6) is -1.10. The van der Waals surface area contributed by atoms with E-state index >= 15 is 0 Å². The zero-order valence-electron chi connectivity index (χ0n) is 5.80. The van der Waals surface area contributed by atoms with E-state index in [4.69, 9.17) is 10.8 Å². The standard InChI is InChI=1S/C7H8BrNO2/c1-4(8)3-6(5(2)10)7(9)11/h3,10H,1-2H2,(H2,9,11)/b6-3+. The molecule has 0 aliphatic carbocycles. The smallest absolute Gasteiger partial charge is 0.252 e. The Labute approximate surface area is 73.0 Å². The van der Waals surface area contributed by atoms with E-state index in [1.54, 1.807) is 0 Å². The molecule has 0 heterocycles. The zero-order valence-corrected chi connectivity index (χ0v) is 7.39. The van der Waals surface area contributed by atoms with E-state index in [9.17, 15) is 4.79 Å². The number of hydrogen-bond donors (Lipinski definition) is 2. The molecule has 0 spiro atoms. The number of nitrogens with two attached hydrogens (primary N) is 1. The fraction of sp³-hybridized carbons (Fsp3) is 0. The molecule has 0 aromatic heterocycles. The van der Waals surface area contributed by atoms with Crippen LogP contribution in [0, 0.1) is 0 Å². The summed E-state index contributed by atoms with van der Waals surface area (Å²) < 4.78 is 0.446. The highest BCUT2D eigenvalue weighted by molar-refractivity contribution is 9.11. The lowest BCUT2D eigenvalue weighted by Crippen LogP contribution is -2.15. The molecular weight excluding hydrogens is 210 g/mol. The largest absolute Gasteiger partial charge is 0.508 e. The molecule has 3 N–H and O–H groups in total. The van der Waals surface area contributed by atoms with Gasteiger partial charge in [-0.3, -0.25) is 4.79 Å². The van der Waals surface area contributed by atoms with Crippen molar-refractivity contribution >= 4 is 21.8 Å². The minimum atomic E-state index is -0.738. The maximum absolute atomic E-state index is 10.5. The first kappa shape index (κ1) is 9.97. The predicted molar refractivity (Wildman–Crippen MR) is 47.1 cm³/mol. The van der Waals surface area contributed by atoms with Crippen molar-refractivity contribution < 1.29 is 9.90 Å². The molecule has 4 heteroatoms. The number of carbonyl (C=O) groups is 1. The molecule has 11 heavy (non-hydrogen) atoms. The van der Waals surface area contributed by atoms with Crippen molar-refractivity contribution in [2.24, 2.45) is 5.73 Å². The van der Waals surface area contributed by atoms with Gasteiger partial charge < -0.3 is 10.8 Å². The minimum absolute atomic E-state index is 0.0492. The molecule has 1 amide bonds. The topological polar surface area (TPSA) is 63.3 Å². The molecule has 0 rings (SSSR count). The highest BCUT2D eigenvalue weighted by atomic mass is 79.9. The Bertz CT molecular complexity index is 227. The number of carbonyl (C=O) groups excluding carboxylic acids is 1. The van der Waals surface area contributed by atoms with Crippen molar-refractivity contribution in [2.75, 3.05) is 0 Å². The summed E-state index contributed by atoms with van der Waals surface area (Å²) in [6.45, 7) is 6.59. The lowest BCUT2D eigenvalue weighted by Gasteiger charge is -1.98. The van der Waals surface area contributed by atoms with Crippen molar-refractivity contribution in [1.29, 1.82) is 0 Å². The molecule has 0 saturated carbocycles. The van der Waals surface area contributed by atoms with E-state index in [2.05, 4.69) is 29.1 Å². The van der Waals surface area contributed by atoms with Crippen LogP contribution in [0.5, 0.6) is 0 Å². The first-order chi connectivity index (χ1) is 4.95. The SMILES string of the molecule is C=C(Br)/C=C(\C(=C)O)C(N)=O. The van der Waals surface area contributed by atoms with Crippen LogP contribution in [-0.2, 0) is 4.79 Å². The van der Waals surface area contributed by atoms with Crippen LogP contribution in [0.25, 0.3) is 0 Å². The van der Waals surface area contributed by atoms with Gasteiger partial charge in [-0.1, -0.05) is 29.1 Å². The van der Waals surface area contributed by atoms with Crippen molar-refractivity contribution in [2.45, 2.75) is 0 Å². The van der Waals surface area contributed by atoms with Crippen molar-refractivity contribution in [3.05, 3.63) is 35.0 Å². The van der Waals surface area contributed by atoms with Crippen molar-refractivity contribution in [1.82, 2.24) is 0 Å². The summed E-state index contributed by atoms with van der Waals surface area (Å²) >= 11 is 2.98. The molecule has 0 aromatic carbocycles. The average Bonchev–Trinajstić information content (AvgIpc) is 1.81. The molecule has 0 fully saturated rings. The molecule has 0 aliphatic rings. The van der Waals surface area contributed by atoms with Crippen LogP contribution >= 0.6 is 15.9 Å². The highest BCUT2D eigenvalue weighted by Crippen LogP contribution is 2.10. The Balaban J connectivity index is 4.75. The third-order valence-electron chi connectivity index (χ3n) is 0.877. The Morgan fingerprint density at radius 1 is 1.55 bits per heavy atom. The monoisotopic (exact) mass is 217 g/mol. The molecule has 0 saturated heterocycles. The first-order valence-corrected chi connectivity index (χ1v) is 3.48. The maximum atomic E-state index is 10.5. The van der Waals surface area contributed by atoms with Crippen LogP contribution in [-0.4, -0.2) is 11.0 Å². The van der Waals surface area contributed by atoms with Gasteiger partial charge in [0, 0.05) is 4.48 Å². The van der Waals surface area contributed by atoms with Gasteiger partial charge in [-0.05, 0) is 6.08 Å². The van der Waals surface area contributed by atoms with Crippen LogP contribution < -0.4 is 5.73 Å². The molecule has 0 aliphatic heterocycles. The summed E-state index contributed by atoms with van der Waals surface area (Å²) in [5, 5.41) is 8.81. The summed E-state index contributed by atoms with van der Waals surface area (Å²) in [6, 6.07) is 0. The van der Waals surface area contributed by atoms with E-state index in [0.29, 0.717) is 4.48 Å². The Morgan fingerprint density at radius 3 is 2.09 bits per heavy atom. The summed E-state index contributed by atoms with van der Waals surface area (Å²) in [4.78, 5) is 10.5. The lowest BCUT2D eigenvalue weighted by molar-refractivity contribution is -0.114. The minimum Gasteiger partial charge on any atom is -0.508 e.